The van der Waals surface area contributed by atoms with Gasteiger partial charge in [0.05, 0.1) is 6.54 Å². The summed E-state index contributed by atoms with van der Waals surface area (Å²) in [5.74, 6) is -1.24. The van der Waals surface area contributed by atoms with Crippen molar-refractivity contribution in [2.75, 3.05) is 0 Å². The molecule has 0 fully saturated rings. The van der Waals surface area contributed by atoms with Crippen LogP contribution in [0.2, 0.25) is 0 Å². The van der Waals surface area contributed by atoms with Crippen molar-refractivity contribution in [1.29, 1.82) is 0 Å². The predicted molar refractivity (Wildman–Crippen MR) is 70.7 cm³/mol. The molecule has 102 valence electrons. The number of aromatic carboxylic acids is 1. The van der Waals surface area contributed by atoms with Crippen molar-refractivity contribution in [1.82, 2.24) is 9.29 Å². The molecule has 0 saturated heterocycles. The Kier molecular flexibility index (Phi) is 3.74. The fraction of sp³-hybridized carbons (Fsp3) is 0.182. The largest absolute Gasteiger partial charge is 0.477 e. The Morgan fingerprint density at radius 1 is 1.47 bits per heavy atom. The maximum absolute atomic E-state index is 12.0. The van der Waals surface area contributed by atoms with Gasteiger partial charge in [0.1, 0.15) is 9.77 Å². The highest BCUT2D eigenvalue weighted by Crippen LogP contribution is 2.21. The van der Waals surface area contributed by atoms with Gasteiger partial charge in [0.15, 0.2) is 0 Å². The van der Waals surface area contributed by atoms with E-state index in [0.717, 1.165) is 17.0 Å². The summed E-state index contributed by atoms with van der Waals surface area (Å²) in [7, 11) is -2.02. The summed E-state index contributed by atoms with van der Waals surface area (Å²) in [6.45, 7) is 0.112. The molecule has 6 nitrogen and oxygen atoms in total. The average Bonchev–Trinajstić information content (AvgIpc) is 2.95. The van der Waals surface area contributed by atoms with Gasteiger partial charge in [-0.25, -0.2) is 17.9 Å². The lowest BCUT2D eigenvalue weighted by atomic mass is 10.4. The van der Waals surface area contributed by atoms with Crippen LogP contribution in [0.1, 0.15) is 15.4 Å². The van der Waals surface area contributed by atoms with E-state index in [2.05, 4.69) is 4.72 Å². The van der Waals surface area contributed by atoms with Crippen LogP contribution in [0.4, 0.5) is 0 Å². The molecular weight excluding hydrogens is 288 g/mol. The van der Waals surface area contributed by atoms with Gasteiger partial charge < -0.3 is 9.67 Å². The number of aryl methyl sites for hydroxylation is 1. The van der Waals surface area contributed by atoms with E-state index in [0.29, 0.717) is 0 Å². The van der Waals surface area contributed by atoms with Crippen LogP contribution in [0.3, 0.4) is 0 Å². The SMILES string of the molecule is Cn1cccc1CNS(=O)(=O)c1ccsc1C(=O)O. The van der Waals surface area contributed by atoms with Crippen LogP contribution in [-0.2, 0) is 23.6 Å². The predicted octanol–water partition coefficient (Wildman–Crippen LogP) is 1.26. The molecule has 8 heteroatoms. The number of carboxylic acid groups (broad SMARTS) is 1. The molecule has 0 spiro atoms. The first-order valence-electron chi connectivity index (χ1n) is 5.32. The lowest BCUT2D eigenvalue weighted by Crippen LogP contribution is -2.25. The highest BCUT2D eigenvalue weighted by molar-refractivity contribution is 7.89. The van der Waals surface area contributed by atoms with Crippen molar-refractivity contribution in [2.24, 2.45) is 7.05 Å². The van der Waals surface area contributed by atoms with Gasteiger partial charge in [0, 0.05) is 18.9 Å². The minimum atomic E-state index is -3.82. The van der Waals surface area contributed by atoms with Crippen LogP contribution < -0.4 is 4.72 Å². The number of hydrogen-bond acceptors (Lipinski definition) is 4. The second kappa shape index (κ2) is 5.16. The highest BCUT2D eigenvalue weighted by atomic mass is 32.2. The Balaban J connectivity index is 2.21. The Labute approximate surface area is 114 Å². The number of sulfonamides is 1. The number of carbonyl (C=O) groups is 1. The number of hydrogen-bond donors (Lipinski definition) is 2. The van der Waals surface area contributed by atoms with E-state index in [9.17, 15) is 13.2 Å². The van der Waals surface area contributed by atoms with Crippen molar-refractivity contribution in [3.05, 3.63) is 40.3 Å². The monoisotopic (exact) mass is 300 g/mol. The average molecular weight is 300 g/mol. The summed E-state index contributed by atoms with van der Waals surface area (Å²) in [5.41, 5.74) is 0.788. The van der Waals surface area contributed by atoms with Crippen molar-refractivity contribution < 1.29 is 18.3 Å². The quantitative estimate of drug-likeness (QED) is 0.870. The fourth-order valence-corrected chi connectivity index (χ4v) is 3.85. The molecular formula is C11H12N2O4S2. The van der Waals surface area contributed by atoms with E-state index in [1.54, 1.807) is 29.9 Å². The second-order valence-electron chi connectivity index (χ2n) is 3.85. The zero-order chi connectivity index (χ0) is 14.0. The Morgan fingerprint density at radius 3 is 2.79 bits per heavy atom. The molecule has 0 bridgehead atoms. The molecule has 2 rings (SSSR count). The molecule has 0 aliphatic rings. The normalized spacial score (nSPS) is 11.6. The van der Waals surface area contributed by atoms with Crippen molar-refractivity contribution in [3.63, 3.8) is 0 Å². The molecule has 0 aromatic carbocycles. The number of rotatable bonds is 5. The lowest BCUT2D eigenvalue weighted by molar-refractivity contribution is 0.0698. The molecule has 2 aromatic heterocycles. The third kappa shape index (κ3) is 2.86. The van der Waals surface area contributed by atoms with E-state index in [-0.39, 0.29) is 16.3 Å². The first kappa shape index (κ1) is 13.8. The van der Waals surface area contributed by atoms with Crippen LogP contribution in [0.15, 0.2) is 34.7 Å². The number of thiophene rings is 1. The third-order valence-electron chi connectivity index (χ3n) is 2.61. The number of carboxylic acids is 1. The third-order valence-corrected chi connectivity index (χ3v) is 5.08. The van der Waals surface area contributed by atoms with E-state index >= 15 is 0 Å². The van der Waals surface area contributed by atoms with E-state index in [4.69, 9.17) is 5.11 Å². The zero-order valence-corrected chi connectivity index (χ0v) is 11.7. The molecule has 0 radical (unpaired) electrons. The standard InChI is InChI=1S/C11H12N2O4S2/c1-13-5-2-3-8(13)7-12-19(16,17)9-4-6-18-10(9)11(14)15/h2-6,12H,7H2,1H3,(H,14,15). The molecule has 0 aliphatic heterocycles. The van der Waals surface area contributed by atoms with Crippen LogP contribution in [0.5, 0.6) is 0 Å². The maximum Gasteiger partial charge on any atom is 0.347 e. The van der Waals surface area contributed by atoms with Crippen LogP contribution in [0, 0.1) is 0 Å². The Morgan fingerprint density at radius 2 is 2.21 bits per heavy atom. The van der Waals surface area contributed by atoms with E-state index in [1.165, 1.54) is 11.4 Å². The molecule has 2 aromatic rings. The second-order valence-corrected chi connectivity index (χ2v) is 6.51. The van der Waals surface area contributed by atoms with Gasteiger partial charge in [0.2, 0.25) is 10.0 Å². The summed E-state index contributed by atoms with van der Waals surface area (Å²) in [5, 5.41) is 10.4. The molecule has 2 N–H and O–H groups in total. The maximum atomic E-state index is 12.0. The number of aromatic nitrogens is 1. The molecule has 2 heterocycles. The van der Waals surface area contributed by atoms with Gasteiger partial charge in [-0.1, -0.05) is 0 Å². The molecule has 0 amide bonds. The first-order valence-corrected chi connectivity index (χ1v) is 7.69. The molecule has 0 atom stereocenters. The van der Waals surface area contributed by atoms with Crippen molar-refractivity contribution in [3.8, 4) is 0 Å². The van der Waals surface area contributed by atoms with Gasteiger partial charge in [-0.2, -0.15) is 0 Å². The van der Waals surface area contributed by atoms with Crippen LogP contribution in [0.25, 0.3) is 0 Å². The fourth-order valence-electron chi connectivity index (χ4n) is 1.59. The number of nitrogens with zero attached hydrogens (tertiary/aromatic N) is 1. The lowest BCUT2D eigenvalue weighted by Gasteiger charge is -2.07. The van der Waals surface area contributed by atoms with Gasteiger partial charge in [-0.15, -0.1) is 11.3 Å². The highest BCUT2D eigenvalue weighted by Gasteiger charge is 2.23. The molecule has 19 heavy (non-hydrogen) atoms. The zero-order valence-electron chi connectivity index (χ0n) is 10.0. The molecule has 0 unspecified atom stereocenters. The van der Waals surface area contributed by atoms with Crippen molar-refractivity contribution >= 4 is 27.3 Å². The topological polar surface area (TPSA) is 88.4 Å². The van der Waals surface area contributed by atoms with Crippen molar-refractivity contribution in [2.45, 2.75) is 11.4 Å². The first-order chi connectivity index (χ1) is 8.92. The van der Waals surface area contributed by atoms with E-state index in [1.807, 2.05) is 0 Å². The minimum absolute atomic E-state index is 0.112. The smallest absolute Gasteiger partial charge is 0.347 e. The summed E-state index contributed by atoms with van der Waals surface area (Å²) in [6.07, 6.45) is 1.80. The van der Waals surface area contributed by atoms with Gasteiger partial charge >= 0.3 is 5.97 Å². The van der Waals surface area contributed by atoms with Crippen LogP contribution in [-0.4, -0.2) is 24.1 Å². The van der Waals surface area contributed by atoms with Gasteiger partial charge in [0.25, 0.3) is 0 Å². The Bertz CT molecular complexity index is 700. The summed E-state index contributed by atoms with van der Waals surface area (Å²) < 4.78 is 28.3. The Hall–Kier alpha value is -1.64. The number of nitrogens with one attached hydrogen (secondary N) is 1. The summed E-state index contributed by atoms with van der Waals surface area (Å²) in [4.78, 5) is 10.6. The molecule has 0 saturated carbocycles. The minimum Gasteiger partial charge on any atom is -0.477 e. The van der Waals surface area contributed by atoms with Gasteiger partial charge in [-0.3, -0.25) is 0 Å². The van der Waals surface area contributed by atoms with Crippen LogP contribution >= 0.6 is 11.3 Å². The summed E-state index contributed by atoms with van der Waals surface area (Å²) >= 11 is 0.887. The summed E-state index contributed by atoms with van der Waals surface area (Å²) in [6, 6.07) is 4.88. The molecule has 0 aliphatic carbocycles. The van der Waals surface area contributed by atoms with E-state index < -0.39 is 16.0 Å². The van der Waals surface area contributed by atoms with Gasteiger partial charge in [-0.05, 0) is 23.6 Å².